The van der Waals surface area contributed by atoms with Crippen LogP contribution in [0.1, 0.15) is 11.1 Å². The third-order valence-corrected chi connectivity index (χ3v) is 3.64. The molecule has 0 aliphatic heterocycles. The van der Waals surface area contributed by atoms with Gasteiger partial charge in [0.1, 0.15) is 0 Å². The lowest BCUT2D eigenvalue weighted by molar-refractivity contribution is -0.137. The molecule has 0 amide bonds. The van der Waals surface area contributed by atoms with Crippen LogP contribution in [-0.2, 0) is 6.18 Å². The fourth-order valence-corrected chi connectivity index (χ4v) is 2.54. The molecule has 1 aromatic heterocycles. The Balaban J connectivity index is 2.42. The summed E-state index contributed by atoms with van der Waals surface area (Å²) in [6.45, 7) is 1.61. The molecular weight excluding hydrogens is 291 g/mol. The Hall–Kier alpha value is -2.56. The molecule has 0 aliphatic rings. The highest BCUT2D eigenvalue weighted by molar-refractivity contribution is 5.96. The van der Waals surface area contributed by atoms with Crippen LogP contribution in [0, 0.1) is 6.92 Å². The van der Waals surface area contributed by atoms with Crippen molar-refractivity contribution in [2.45, 2.75) is 13.1 Å². The fourth-order valence-electron chi connectivity index (χ4n) is 2.54. The molecule has 2 nitrogen and oxygen atoms in total. The minimum absolute atomic E-state index is 0.300. The molecule has 112 valence electrons. The summed E-state index contributed by atoms with van der Waals surface area (Å²) in [5.74, 6) is 0. The number of rotatable bonds is 1. The van der Waals surface area contributed by atoms with E-state index in [1.807, 2.05) is 6.07 Å². The Kier molecular flexibility index (Phi) is 3.28. The fraction of sp³-hybridized carbons (Fsp3) is 0.118. The summed E-state index contributed by atoms with van der Waals surface area (Å²) < 4.78 is 38.9. The Morgan fingerprint density at radius 2 is 1.68 bits per heavy atom. The van der Waals surface area contributed by atoms with E-state index in [9.17, 15) is 18.0 Å². The summed E-state index contributed by atoms with van der Waals surface area (Å²) in [6, 6.07) is 12.3. The number of pyridine rings is 1. The maximum atomic E-state index is 13.0. The van der Waals surface area contributed by atoms with Gasteiger partial charge in [0.25, 0.3) is 5.56 Å². The van der Waals surface area contributed by atoms with Gasteiger partial charge in [-0.05, 0) is 36.2 Å². The molecule has 0 saturated heterocycles. The van der Waals surface area contributed by atoms with Crippen LogP contribution in [0.15, 0.2) is 53.3 Å². The standard InChI is InChI=1S/C17H12F3NO/c1-10-15(11-5-3-2-4-6-11)13-9-12(17(18,19)20)7-8-14(13)21-16(10)22/h2-9H,1H3,(H,21,22). The normalized spacial score (nSPS) is 11.8. The molecule has 2 aromatic carbocycles. The molecule has 22 heavy (non-hydrogen) atoms. The van der Waals surface area contributed by atoms with Gasteiger partial charge in [-0.25, -0.2) is 0 Å². The van der Waals surface area contributed by atoms with Gasteiger partial charge in [-0.3, -0.25) is 4.79 Å². The van der Waals surface area contributed by atoms with E-state index in [1.165, 1.54) is 6.07 Å². The number of aromatic amines is 1. The average molecular weight is 303 g/mol. The second-order valence-corrected chi connectivity index (χ2v) is 5.08. The Morgan fingerprint density at radius 1 is 1.00 bits per heavy atom. The summed E-state index contributed by atoms with van der Waals surface area (Å²) in [7, 11) is 0. The van der Waals surface area contributed by atoms with Gasteiger partial charge in [-0.2, -0.15) is 13.2 Å². The zero-order valence-electron chi connectivity index (χ0n) is 11.7. The summed E-state index contributed by atoms with van der Waals surface area (Å²) in [4.78, 5) is 14.7. The number of nitrogens with one attached hydrogen (secondary N) is 1. The number of alkyl halides is 3. The second kappa shape index (κ2) is 5.02. The highest BCUT2D eigenvalue weighted by Crippen LogP contribution is 2.35. The topological polar surface area (TPSA) is 32.9 Å². The van der Waals surface area contributed by atoms with Crippen molar-refractivity contribution in [3.05, 3.63) is 70.0 Å². The molecule has 0 spiro atoms. The predicted octanol–water partition coefficient (Wildman–Crippen LogP) is 4.52. The van der Waals surface area contributed by atoms with Gasteiger partial charge in [-0.15, -0.1) is 0 Å². The van der Waals surface area contributed by atoms with Crippen molar-refractivity contribution < 1.29 is 13.2 Å². The number of hydrogen-bond donors (Lipinski definition) is 1. The third-order valence-electron chi connectivity index (χ3n) is 3.64. The van der Waals surface area contributed by atoms with Crippen molar-refractivity contribution in [3.63, 3.8) is 0 Å². The van der Waals surface area contributed by atoms with E-state index in [2.05, 4.69) is 4.98 Å². The minimum atomic E-state index is -4.42. The average Bonchev–Trinajstić information content (AvgIpc) is 2.48. The maximum absolute atomic E-state index is 13.0. The maximum Gasteiger partial charge on any atom is 0.416 e. The van der Waals surface area contributed by atoms with Gasteiger partial charge >= 0.3 is 6.18 Å². The van der Waals surface area contributed by atoms with Crippen molar-refractivity contribution in [2.24, 2.45) is 0 Å². The molecular formula is C17H12F3NO. The third kappa shape index (κ3) is 2.39. The highest BCUT2D eigenvalue weighted by atomic mass is 19.4. The SMILES string of the molecule is Cc1c(-c2ccccc2)c2cc(C(F)(F)F)ccc2[nH]c1=O. The molecule has 0 unspecified atom stereocenters. The molecule has 3 aromatic rings. The number of H-pyrrole nitrogens is 1. The van der Waals surface area contributed by atoms with Crippen LogP contribution in [0.4, 0.5) is 13.2 Å². The Morgan fingerprint density at radius 3 is 2.32 bits per heavy atom. The molecule has 0 fully saturated rings. The lowest BCUT2D eigenvalue weighted by Gasteiger charge is -2.13. The van der Waals surface area contributed by atoms with Crippen molar-refractivity contribution in [3.8, 4) is 11.1 Å². The number of benzene rings is 2. The Bertz CT molecular complexity index is 895. The second-order valence-electron chi connectivity index (χ2n) is 5.08. The smallest absolute Gasteiger partial charge is 0.322 e. The summed E-state index contributed by atoms with van der Waals surface area (Å²) in [6.07, 6.45) is -4.42. The summed E-state index contributed by atoms with van der Waals surface area (Å²) in [5.41, 5.74) is 1.01. The van der Waals surface area contributed by atoms with E-state index < -0.39 is 11.7 Å². The van der Waals surface area contributed by atoms with E-state index in [1.54, 1.807) is 31.2 Å². The van der Waals surface area contributed by atoms with Gasteiger partial charge in [0.05, 0.1) is 5.56 Å². The van der Waals surface area contributed by atoms with Crippen LogP contribution in [0.2, 0.25) is 0 Å². The summed E-state index contributed by atoms with van der Waals surface area (Å²) in [5, 5.41) is 0.387. The quantitative estimate of drug-likeness (QED) is 0.704. The lowest BCUT2D eigenvalue weighted by atomic mass is 9.96. The van der Waals surface area contributed by atoms with Gasteiger partial charge < -0.3 is 4.98 Å². The first-order chi connectivity index (χ1) is 10.4. The van der Waals surface area contributed by atoms with E-state index >= 15 is 0 Å². The molecule has 0 radical (unpaired) electrons. The van der Waals surface area contributed by atoms with Crippen molar-refractivity contribution in [2.75, 3.05) is 0 Å². The summed E-state index contributed by atoms with van der Waals surface area (Å²) >= 11 is 0. The molecule has 0 saturated carbocycles. The number of fused-ring (bicyclic) bond motifs is 1. The largest absolute Gasteiger partial charge is 0.416 e. The first-order valence-corrected chi connectivity index (χ1v) is 6.67. The molecule has 0 atom stereocenters. The van der Waals surface area contributed by atoms with Crippen LogP contribution < -0.4 is 5.56 Å². The zero-order valence-corrected chi connectivity index (χ0v) is 11.7. The first kappa shape index (κ1) is 14.4. The van der Waals surface area contributed by atoms with E-state index in [0.717, 1.165) is 17.7 Å². The highest BCUT2D eigenvalue weighted by Gasteiger charge is 2.31. The predicted molar refractivity (Wildman–Crippen MR) is 79.7 cm³/mol. The van der Waals surface area contributed by atoms with E-state index in [0.29, 0.717) is 22.0 Å². The minimum Gasteiger partial charge on any atom is -0.322 e. The molecule has 5 heteroatoms. The zero-order chi connectivity index (χ0) is 15.9. The van der Waals surface area contributed by atoms with Crippen LogP contribution in [-0.4, -0.2) is 4.98 Å². The van der Waals surface area contributed by atoms with Gasteiger partial charge in [-0.1, -0.05) is 30.3 Å². The van der Waals surface area contributed by atoms with Crippen LogP contribution in [0.25, 0.3) is 22.0 Å². The molecule has 3 rings (SSSR count). The van der Waals surface area contributed by atoms with Crippen molar-refractivity contribution >= 4 is 10.9 Å². The van der Waals surface area contributed by atoms with E-state index in [4.69, 9.17) is 0 Å². The van der Waals surface area contributed by atoms with Crippen LogP contribution in [0.3, 0.4) is 0 Å². The van der Waals surface area contributed by atoms with Gasteiger partial charge in [0.2, 0.25) is 0 Å². The van der Waals surface area contributed by atoms with Crippen molar-refractivity contribution in [1.82, 2.24) is 4.98 Å². The number of halogens is 3. The van der Waals surface area contributed by atoms with Crippen molar-refractivity contribution in [1.29, 1.82) is 0 Å². The molecule has 0 bridgehead atoms. The molecule has 1 N–H and O–H groups in total. The van der Waals surface area contributed by atoms with Crippen LogP contribution >= 0.6 is 0 Å². The Labute approximate surface area is 124 Å². The molecule has 0 aliphatic carbocycles. The number of hydrogen-bond acceptors (Lipinski definition) is 1. The van der Waals surface area contributed by atoms with Gasteiger partial charge in [0.15, 0.2) is 0 Å². The molecule has 1 heterocycles. The van der Waals surface area contributed by atoms with Gasteiger partial charge in [0, 0.05) is 16.5 Å². The number of aromatic nitrogens is 1. The van der Waals surface area contributed by atoms with Crippen LogP contribution in [0.5, 0.6) is 0 Å². The van der Waals surface area contributed by atoms with E-state index in [-0.39, 0.29) is 5.56 Å². The monoisotopic (exact) mass is 303 g/mol. The first-order valence-electron chi connectivity index (χ1n) is 6.67. The lowest BCUT2D eigenvalue weighted by Crippen LogP contribution is -2.12.